The Hall–Kier alpha value is -1.71. The highest BCUT2D eigenvalue weighted by molar-refractivity contribution is 5.95. The van der Waals surface area contributed by atoms with Crippen LogP contribution < -0.4 is 16.0 Å². The van der Waals surface area contributed by atoms with Crippen LogP contribution in [0.5, 0.6) is 0 Å². The van der Waals surface area contributed by atoms with E-state index >= 15 is 0 Å². The number of amides is 1. The predicted octanol–water partition coefficient (Wildman–Crippen LogP) is 2.64. The Kier molecular flexibility index (Phi) is 3.98. The fourth-order valence-corrected chi connectivity index (χ4v) is 2.34. The van der Waals surface area contributed by atoms with Crippen LogP contribution in [-0.4, -0.2) is 19.5 Å². The zero-order chi connectivity index (χ0) is 14.0. The van der Waals surface area contributed by atoms with Crippen molar-refractivity contribution in [2.45, 2.75) is 33.1 Å². The molecule has 0 bridgehead atoms. The molecule has 1 aromatic rings. The third-order valence-corrected chi connectivity index (χ3v) is 3.60. The van der Waals surface area contributed by atoms with Crippen LogP contribution >= 0.6 is 0 Å². The van der Waals surface area contributed by atoms with E-state index in [9.17, 15) is 4.79 Å². The van der Waals surface area contributed by atoms with Gasteiger partial charge in [0.15, 0.2) is 0 Å². The summed E-state index contributed by atoms with van der Waals surface area (Å²) in [4.78, 5) is 13.6. The van der Waals surface area contributed by atoms with Gasteiger partial charge in [0, 0.05) is 25.7 Å². The number of hydrogen-bond donors (Lipinski definition) is 2. The minimum Gasteiger partial charge on any atom is -0.397 e. The fraction of sp³-hybridized carbons (Fsp3) is 0.533. The van der Waals surface area contributed by atoms with Crippen molar-refractivity contribution in [1.82, 2.24) is 0 Å². The number of nitrogen functional groups attached to an aromatic ring is 1. The van der Waals surface area contributed by atoms with Gasteiger partial charge in [-0.1, -0.05) is 13.8 Å². The third kappa shape index (κ3) is 3.19. The van der Waals surface area contributed by atoms with Gasteiger partial charge in [-0.05, 0) is 36.5 Å². The zero-order valence-corrected chi connectivity index (χ0v) is 12.0. The van der Waals surface area contributed by atoms with Gasteiger partial charge in [0.1, 0.15) is 0 Å². The molecule has 1 heterocycles. The second kappa shape index (κ2) is 5.51. The van der Waals surface area contributed by atoms with Crippen LogP contribution in [0.2, 0.25) is 0 Å². The molecule has 0 spiro atoms. The summed E-state index contributed by atoms with van der Waals surface area (Å²) in [6.45, 7) is 5.39. The quantitative estimate of drug-likeness (QED) is 0.819. The van der Waals surface area contributed by atoms with Gasteiger partial charge in [-0.25, -0.2) is 0 Å². The van der Waals surface area contributed by atoms with Crippen molar-refractivity contribution >= 4 is 23.0 Å². The first-order valence-corrected chi connectivity index (χ1v) is 6.90. The van der Waals surface area contributed by atoms with E-state index in [1.165, 1.54) is 0 Å². The molecule has 0 aliphatic carbocycles. The van der Waals surface area contributed by atoms with Crippen molar-refractivity contribution in [2.24, 2.45) is 5.92 Å². The Morgan fingerprint density at radius 2 is 2.11 bits per heavy atom. The van der Waals surface area contributed by atoms with Crippen molar-refractivity contribution in [1.29, 1.82) is 0 Å². The van der Waals surface area contributed by atoms with Crippen LogP contribution in [0, 0.1) is 5.92 Å². The molecule has 0 aromatic heterocycles. The average molecular weight is 261 g/mol. The topological polar surface area (TPSA) is 58.4 Å². The Bertz CT molecular complexity index is 483. The summed E-state index contributed by atoms with van der Waals surface area (Å²) in [5.41, 5.74) is 9.98. The highest BCUT2D eigenvalue weighted by Gasteiger charge is 2.18. The van der Waals surface area contributed by atoms with E-state index < -0.39 is 0 Å². The van der Waals surface area contributed by atoms with Gasteiger partial charge in [-0.2, -0.15) is 0 Å². The van der Waals surface area contributed by atoms with Gasteiger partial charge in [0.25, 0.3) is 0 Å². The van der Waals surface area contributed by atoms with Crippen LogP contribution in [0.3, 0.4) is 0 Å². The lowest BCUT2D eigenvalue weighted by Gasteiger charge is -2.25. The molecule has 1 amide bonds. The third-order valence-electron chi connectivity index (χ3n) is 3.60. The molecule has 0 unspecified atom stereocenters. The fourth-order valence-electron chi connectivity index (χ4n) is 2.34. The van der Waals surface area contributed by atoms with Crippen molar-refractivity contribution in [3.63, 3.8) is 0 Å². The highest BCUT2D eigenvalue weighted by Crippen LogP contribution is 2.33. The Morgan fingerprint density at radius 1 is 1.37 bits per heavy atom. The molecular weight excluding hydrogens is 238 g/mol. The minimum atomic E-state index is 0.0908. The number of carbonyl (C=O) groups is 1. The first-order valence-electron chi connectivity index (χ1n) is 6.90. The number of rotatable bonds is 4. The summed E-state index contributed by atoms with van der Waals surface area (Å²) >= 11 is 0. The smallest absolute Gasteiger partial charge is 0.224 e. The van der Waals surface area contributed by atoms with Gasteiger partial charge < -0.3 is 16.0 Å². The Labute approximate surface area is 115 Å². The Balaban J connectivity index is 2.21. The van der Waals surface area contributed by atoms with E-state index in [2.05, 4.69) is 24.1 Å². The SMILES string of the molecule is CC(C)CCN(C)c1cc2c(cc1N)CCC(=O)N2. The summed E-state index contributed by atoms with van der Waals surface area (Å²) in [7, 11) is 2.05. The Morgan fingerprint density at radius 3 is 2.79 bits per heavy atom. The van der Waals surface area contributed by atoms with E-state index in [0.717, 1.165) is 42.0 Å². The van der Waals surface area contributed by atoms with Crippen molar-refractivity contribution < 1.29 is 4.79 Å². The first kappa shape index (κ1) is 13.7. The van der Waals surface area contributed by atoms with Crippen LogP contribution in [0.15, 0.2) is 12.1 Å². The molecule has 1 aromatic carbocycles. The van der Waals surface area contributed by atoms with Crippen LogP contribution in [-0.2, 0) is 11.2 Å². The maximum Gasteiger partial charge on any atom is 0.224 e. The summed E-state index contributed by atoms with van der Waals surface area (Å²) < 4.78 is 0. The number of fused-ring (bicyclic) bond motifs is 1. The normalized spacial score (nSPS) is 14.2. The molecule has 4 nitrogen and oxygen atoms in total. The number of nitrogens with zero attached hydrogens (tertiary/aromatic N) is 1. The molecule has 1 aliphatic rings. The van der Waals surface area contributed by atoms with Gasteiger partial charge in [-0.15, -0.1) is 0 Å². The molecule has 0 saturated carbocycles. The number of hydrogen-bond acceptors (Lipinski definition) is 3. The molecule has 0 atom stereocenters. The van der Waals surface area contributed by atoms with Crippen LogP contribution in [0.25, 0.3) is 0 Å². The zero-order valence-electron chi connectivity index (χ0n) is 12.0. The van der Waals surface area contributed by atoms with Gasteiger partial charge in [0.2, 0.25) is 5.91 Å². The average Bonchev–Trinajstić information content (AvgIpc) is 2.35. The molecule has 4 heteroatoms. The molecule has 0 fully saturated rings. The lowest BCUT2D eigenvalue weighted by molar-refractivity contribution is -0.116. The standard InChI is InChI=1S/C15H23N3O/c1-10(2)6-7-18(3)14-9-13-11(8-12(14)16)4-5-15(19)17-13/h8-10H,4-7,16H2,1-3H3,(H,17,19). The second-order valence-electron chi connectivity index (χ2n) is 5.72. The first-order chi connectivity index (χ1) is 8.97. The molecule has 0 radical (unpaired) electrons. The minimum absolute atomic E-state index is 0.0908. The highest BCUT2D eigenvalue weighted by atomic mass is 16.1. The van der Waals surface area contributed by atoms with Crippen molar-refractivity contribution in [2.75, 3.05) is 29.5 Å². The van der Waals surface area contributed by atoms with Gasteiger partial charge in [0.05, 0.1) is 11.4 Å². The van der Waals surface area contributed by atoms with Gasteiger partial charge in [-0.3, -0.25) is 4.79 Å². The largest absolute Gasteiger partial charge is 0.397 e. The van der Waals surface area contributed by atoms with Crippen molar-refractivity contribution in [3.05, 3.63) is 17.7 Å². The number of carbonyl (C=O) groups excluding carboxylic acids is 1. The van der Waals surface area contributed by atoms with E-state index in [4.69, 9.17) is 5.73 Å². The summed E-state index contributed by atoms with van der Waals surface area (Å²) in [6.07, 6.45) is 2.45. The number of nitrogens with one attached hydrogen (secondary N) is 1. The van der Waals surface area contributed by atoms with E-state index in [0.29, 0.717) is 12.3 Å². The van der Waals surface area contributed by atoms with Crippen molar-refractivity contribution in [3.8, 4) is 0 Å². The second-order valence-corrected chi connectivity index (χ2v) is 5.72. The van der Waals surface area contributed by atoms with Crippen LogP contribution in [0.1, 0.15) is 32.3 Å². The molecule has 3 N–H and O–H groups in total. The molecular formula is C15H23N3O. The number of benzene rings is 1. The number of nitrogens with two attached hydrogens (primary N) is 1. The maximum atomic E-state index is 11.5. The van der Waals surface area contributed by atoms with Crippen LogP contribution in [0.4, 0.5) is 17.1 Å². The van der Waals surface area contributed by atoms with Gasteiger partial charge >= 0.3 is 0 Å². The summed E-state index contributed by atoms with van der Waals surface area (Å²) in [5.74, 6) is 0.758. The molecule has 19 heavy (non-hydrogen) atoms. The molecule has 0 saturated heterocycles. The lowest BCUT2D eigenvalue weighted by atomic mass is 10.0. The summed E-state index contributed by atoms with van der Waals surface area (Å²) in [5, 5.41) is 2.93. The van der Waals surface area contributed by atoms with E-state index in [-0.39, 0.29) is 5.91 Å². The predicted molar refractivity (Wildman–Crippen MR) is 80.5 cm³/mol. The number of aryl methyl sites for hydroxylation is 1. The summed E-state index contributed by atoms with van der Waals surface area (Å²) in [6, 6.07) is 4.00. The maximum absolute atomic E-state index is 11.5. The molecule has 2 rings (SSSR count). The van der Waals surface area contributed by atoms with E-state index in [1.54, 1.807) is 0 Å². The van der Waals surface area contributed by atoms with E-state index in [1.807, 2.05) is 19.2 Å². The monoisotopic (exact) mass is 261 g/mol. The molecule has 104 valence electrons. The molecule has 1 aliphatic heterocycles. The number of anilines is 3. The lowest BCUT2D eigenvalue weighted by Crippen LogP contribution is -2.23.